The Bertz CT molecular complexity index is 773. The molecule has 4 aliphatic rings. The molecule has 7 atom stereocenters. The molecule has 0 heterocycles. The van der Waals surface area contributed by atoms with Gasteiger partial charge < -0.3 is 15.3 Å². The largest absolute Gasteiger partial charge is 0.515 e. The summed E-state index contributed by atoms with van der Waals surface area (Å²) in [5, 5.41) is 31.3. The van der Waals surface area contributed by atoms with Gasteiger partial charge in [-0.15, -0.1) is 12.6 Å². The molecule has 0 aromatic carbocycles. The molecule has 0 amide bonds. The molecule has 0 bridgehead atoms. The molecule has 0 saturated heterocycles. The van der Waals surface area contributed by atoms with Crippen molar-refractivity contribution in [3.05, 3.63) is 23.5 Å². The minimum atomic E-state index is -1.50. The van der Waals surface area contributed by atoms with Crippen molar-refractivity contribution in [3.8, 4) is 0 Å². The maximum Gasteiger partial charge on any atom is 0.218 e. The molecule has 4 rings (SSSR count). The number of aliphatic hydroxyl groups is 3. The van der Waals surface area contributed by atoms with Crippen molar-refractivity contribution in [3.63, 3.8) is 0 Å². The quantitative estimate of drug-likeness (QED) is 0.313. The molecule has 4 aliphatic carbocycles. The van der Waals surface area contributed by atoms with Gasteiger partial charge in [0.25, 0.3) is 0 Å². The summed E-state index contributed by atoms with van der Waals surface area (Å²) in [7, 11) is 0. The van der Waals surface area contributed by atoms with Crippen LogP contribution in [0.1, 0.15) is 52.4 Å². The number of rotatable bonds is 1. The van der Waals surface area contributed by atoms with Crippen LogP contribution in [0.25, 0.3) is 0 Å². The minimum Gasteiger partial charge on any atom is -0.515 e. The summed E-state index contributed by atoms with van der Waals surface area (Å²) in [5.74, 6) is 0.0887. The van der Waals surface area contributed by atoms with Gasteiger partial charge in [-0.3, -0.25) is 9.59 Å². The van der Waals surface area contributed by atoms with Gasteiger partial charge in [0.05, 0.1) is 12.4 Å². The topological polar surface area (TPSA) is 94.8 Å². The summed E-state index contributed by atoms with van der Waals surface area (Å²) in [5.41, 5.74) is -1.14. The summed E-state index contributed by atoms with van der Waals surface area (Å²) in [4.78, 5) is 24.4. The fourth-order valence-corrected chi connectivity index (χ4v) is 7.51. The van der Waals surface area contributed by atoms with Crippen LogP contribution in [-0.4, -0.2) is 37.9 Å². The number of ketones is 1. The van der Waals surface area contributed by atoms with E-state index in [1.165, 1.54) is 0 Å². The Morgan fingerprint density at radius 2 is 2.04 bits per heavy atom. The number of fused-ring (bicyclic) bond motifs is 5. The summed E-state index contributed by atoms with van der Waals surface area (Å²) in [6, 6.07) is 0. The van der Waals surface area contributed by atoms with Gasteiger partial charge in [0.15, 0.2) is 5.78 Å². The van der Waals surface area contributed by atoms with Crippen molar-refractivity contribution < 1.29 is 24.9 Å². The second-order valence-corrected chi connectivity index (χ2v) is 9.92. The van der Waals surface area contributed by atoms with Crippen LogP contribution < -0.4 is 0 Å². The Hall–Kier alpha value is -1.11. The molecule has 0 spiro atoms. The van der Waals surface area contributed by atoms with Crippen LogP contribution in [-0.2, 0) is 9.59 Å². The van der Waals surface area contributed by atoms with Crippen LogP contribution in [0.15, 0.2) is 23.5 Å². The van der Waals surface area contributed by atoms with E-state index < -0.39 is 27.7 Å². The molecule has 3 N–H and O–H groups in total. The number of thiol groups is 1. The smallest absolute Gasteiger partial charge is 0.218 e. The van der Waals surface area contributed by atoms with E-state index in [4.69, 9.17) is 0 Å². The minimum absolute atomic E-state index is 0.0593. The lowest BCUT2D eigenvalue weighted by Gasteiger charge is -2.60. The van der Waals surface area contributed by atoms with Gasteiger partial charge in [-0.2, -0.15) is 0 Å². The van der Waals surface area contributed by atoms with E-state index in [-0.39, 0.29) is 23.5 Å². The lowest BCUT2D eigenvalue weighted by Crippen LogP contribution is -2.61. The Balaban J connectivity index is 1.77. The molecule has 3 fully saturated rings. The third-order valence-electron chi connectivity index (χ3n) is 8.51. The monoisotopic (exact) mass is 392 g/mol. The SMILES string of the molecule is C[C@]12C/C(=C/O)C(=O)C=C1CC[C@@H]1C2[C@@H](O)C[C@@]2(C)C1CC[C@]2(O)C(=O)S. The number of carbonyl (C=O) groups is 2. The molecule has 148 valence electrons. The Labute approximate surface area is 164 Å². The van der Waals surface area contributed by atoms with E-state index >= 15 is 0 Å². The summed E-state index contributed by atoms with van der Waals surface area (Å²) in [6.07, 6.45) is 5.36. The fraction of sp³-hybridized carbons (Fsp3) is 0.714. The first-order valence-corrected chi connectivity index (χ1v) is 10.3. The summed E-state index contributed by atoms with van der Waals surface area (Å²) < 4.78 is 0. The van der Waals surface area contributed by atoms with Crippen LogP contribution in [0.5, 0.6) is 0 Å². The van der Waals surface area contributed by atoms with E-state index in [0.717, 1.165) is 31.1 Å². The van der Waals surface area contributed by atoms with E-state index in [2.05, 4.69) is 19.6 Å². The van der Waals surface area contributed by atoms with Gasteiger partial charge in [-0.1, -0.05) is 19.4 Å². The molecular formula is C21H28O5S. The zero-order valence-corrected chi connectivity index (χ0v) is 16.7. The van der Waals surface area contributed by atoms with Crippen molar-refractivity contribution in [2.24, 2.45) is 28.6 Å². The molecule has 6 heteroatoms. The van der Waals surface area contributed by atoms with Gasteiger partial charge in [-0.05, 0) is 67.8 Å². The maximum atomic E-state index is 12.2. The van der Waals surface area contributed by atoms with E-state index in [1.807, 2.05) is 6.92 Å². The molecule has 0 radical (unpaired) electrons. The molecule has 0 aromatic heterocycles. The van der Waals surface area contributed by atoms with Crippen LogP contribution >= 0.6 is 12.6 Å². The van der Waals surface area contributed by atoms with E-state index in [0.29, 0.717) is 24.8 Å². The van der Waals surface area contributed by atoms with Gasteiger partial charge in [0.2, 0.25) is 5.12 Å². The number of carbonyl (C=O) groups excluding carboxylic acids is 2. The van der Waals surface area contributed by atoms with Crippen molar-refractivity contribution in [1.29, 1.82) is 0 Å². The molecule has 2 unspecified atom stereocenters. The first-order valence-electron chi connectivity index (χ1n) is 9.81. The van der Waals surface area contributed by atoms with Crippen LogP contribution in [0.2, 0.25) is 0 Å². The highest BCUT2D eigenvalue weighted by Gasteiger charge is 2.68. The normalized spacial score (nSPS) is 50.6. The maximum absolute atomic E-state index is 12.2. The van der Waals surface area contributed by atoms with Gasteiger partial charge in [-0.25, -0.2) is 0 Å². The highest BCUT2D eigenvalue weighted by atomic mass is 32.1. The number of hydrogen-bond donors (Lipinski definition) is 4. The Morgan fingerprint density at radius 3 is 2.67 bits per heavy atom. The molecule has 3 saturated carbocycles. The molecule has 0 aromatic rings. The summed E-state index contributed by atoms with van der Waals surface area (Å²) in [6.45, 7) is 4.01. The number of hydrogen-bond acceptors (Lipinski definition) is 5. The predicted octanol–water partition coefficient (Wildman–Crippen LogP) is 2.73. The van der Waals surface area contributed by atoms with Crippen LogP contribution in [0, 0.1) is 28.6 Å². The summed E-state index contributed by atoms with van der Waals surface area (Å²) >= 11 is 3.97. The number of allylic oxidation sites excluding steroid dienone is 2. The van der Waals surface area contributed by atoms with Crippen molar-refractivity contribution in [1.82, 2.24) is 0 Å². The average Bonchev–Trinajstić information content (AvgIpc) is 2.87. The van der Waals surface area contributed by atoms with Crippen molar-refractivity contribution in [2.75, 3.05) is 0 Å². The van der Waals surface area contributed by atoms with Crippen LogP contribution in [0.3, 0.4) is 0 Å². The fourth-order valence-electron chi connectivity index (χ4n) is 7.14. The Morgan fingerprint density at radius 1 is 1.33 bits per heavy atom. The predicted molar refractivity (Wildman–Crippen MR) is 103 cm³/mol. The molecule has 5 nitrogen and oxygen atoms in total. The first-order chi connectivity index (χ1) is 12.6. The molecule has 27 heavy (non-hydrogen) atoms. The lowest BCUT2D eigenvalue weighted by atomic mass is 9.45. The zero-order chi connectivity index (χ0) is 19.8. The second-order valence-electron chi connectivity index (χ2n) is 9.51. The van der Waals surface area contributed by atoms with Crippen LogP contribution in [0.4, 0.5) is 0 Å². The highest BCUT2D eigenvalue weighted by Crippen LogP contribution is 2.67. The van der Waals surface area contributed by atoms with Gasteiger partial charge >= 0.3 is 0 Å². The second kappa shape index (κ2) is 5.94. The van der Waals surface area contributed by atoms with Crippen molar-refractivity contribution >= 4 is 23.5 Å². The third kappa shape index (κ3) is 2.33. The number of aliphatic hydroxyl groups excluding tert-OH is 2. The highest BCUT2D eigenvalue weighted by molar-refractivity contribution is 7.96. The lowest BCUT2D eigenvalue weighted by molar-refractivity contribution is -0.173. The standard InChI is InChI=1S/C21H28O5S/c1-19-8-11(10-22)15(23)7-12(19)3-4-13-14-5-6-21(26,18(25)27)20(14,2)9-16(24)17(13)19/h7,10,13-14,16-17,22,24,26H,3-6,8-9H2,1-2H3,(H,25,27)/b11-10-/t13-,14?,16-,17?,19-,20-,21-/m0/s1. The first kappa shape index (κ1) is 19.2. The van der Waals surface area contributed by atoms with E-state index in [1.54, 1.807) is 6.08 Å². The molecule has 0 aliphatic heterocycles. The van der Waals surface area contributed by atoms with Crippen molar-refractivity contribution in [2.45, 2.75) is 64.1 Å². The average molecular weight is 393 g/mol. The molecular weight excluding hydrogens is 364 g/mol. The Kier molecular flexibility index (Phi) is 4.23. The van der Waals surface area contributed by atoms with E-state index in [9.17, 15) is 24.9 Å². The van der Waals surface area contributed by atoms with Gasteiger partial charge in [0, 0.05) is 11.0 Å². The zero-order valence-electron chi connectivity index (χ0n) is 15.8. The third-order valence-corrected chi connectivity index (χ3v) is 8.88. The van der Waals surface area contributed by atoms with Gasteiger partial charge in [0.1, 0.15) is 5.60 Å².